The largest absolute Gasteiger partial charge is 0.468 e. The van der Waals surface area contributed by atoms with Gasteiger partial charge in [-0.1, -0.05) is 0 Å². The average molecular weight is 231 g/mol. The molecule has 6 nitrogen and oxygen atoms in total. The van der Waals surface area contributed by atoms with Gasteiger partial charge in [0.25, 0.3) is 0 Å². The highest BCUT2D eigenvalue weighted by Gasteiger charge is 2.15. The van der Waals surface area contributed by atoms with E-state index in [0.717, 1.165) is 17.9 Å². The van der Waals surface area contributed by atoms with Crippen LogP contribution in [0.1, 0.15) is 26.2 Å². The molecule has 0 unspecified atom stereocenters. The normalized spacial score (nSPS) is 12.0. The Balaban J connectivity index is 3.71. The minimum atomic E-state index is -0.293. The average Bonchev–Trinajstić information content (AvgIpc) is 2.27. The molecular formula is C10H21N3O3. The van der Waals surface area contributed by atoms with Crippen LogP contribution in [0, 0.1) is 5.41 Å². The van der Waals surface area contributed by atoms with Crippen molar-refractivity contribution in [2.24, 2.45) is 0 Å². The molecule has 0 bridgehead atoms. The van der Waals surface area contributed by atoms with Crippen LogP contribution in [0.25, 0.3) is 0 Å². The third kappa shape index (κ3) is 5.67. The number of ether oxygens (including phenoxy) is 1. The summed E-state index contributed by atoms with van der Waals surface area (Å²) in [5, 5.41) is 20.1. The fourth-order valence-electron chi connectivity index (χ4n) is 1.30. The van der Waals surface area contributed by atoms with Crippen LogP contribution in [0.4, 0.5) is 0 Å². The number of unbranched alkanes of at least 4 members (excludes halogenated alkanes) is 1. The van der Waals surface area contributed by atoms with Gasteiger partial charge in [-0.2, -0.15) is 0 Å². The van der Waals surface area contributed by atoms with Crippen molar-refractivity contribution in [2.75, 3.05) is 20.7 Å². The van der Waals surface area contributed by atoms with Crippen LogP contribution in [0.3, 0.4) is 0 Å². The van der Waals surface area contributed by atoms with Gasteiger partial charge in [-0.05, 0) is 33.2 Å². The summed E-state index contributed by atoms with van der Waals surface area (Å²) in [5.74, 6) is -0.148. The highest BCUT2D eigenvalue weighted by molar-refractivity contribution is 5.75. The van der Waals surface area contributed by atoms with Crippen LogP contribution in [0.2, 0.25) is 0 Å². The molecular weight excluding hydrogens is 210 g/mol. The lowest BCUT2D eigenvalue weighted by atomic mass is 10.1. The number of likely N-dealkylation sites (N-methyl/N-ethyl adjacent to an activating group) is 1. The summed E-state index contributed by atoms with van der Waals surface area (Å²) in [6.07, 6.45) is 2.17. The molecule has 0 aliphatic rings. The number of carbonyl (C=O) groups excluding carboxylic acids is 1. The number of carbonyl (C=O) groups is 1. The first kappa shape index (κ1) is 14.9. The number of hydrogen-bond donors (Lipinski definition) is 3. The summed E-state index contributed by atoms with van der Waals surface area (Å²) in [4.78, 5) is 11.2. The molecule has 0 aromatic heterocycles. The predicted molar refractivity (Wildman–Crippen MR) is 60.6 cm³/mol. The van der Waals surface area contributed by atoms with Gasteiger partial charge in [0.05, 0.1) is 7.11 Å². The van der Waals surface area contributed by atoms with E-state index in [2.05, 4.69) is 10.1 Å². The topological polar surface area (TPSA) is 85.7 Å². The first-order valence-corrected chi connectivity index (χ1v) is 5.29. The maximum Gasteiger partial charge on any atom is 0.322 e. The van der Waals surface area contributed by atoms with Crippen molar-refractivity contribution in [1.29, 1.82) is 5.41 Å². The summed E-state index contributed by atoms with van der Waals surface area (Å²) in [6.45, 7) is 1.93. The molecule has 0 amide bonds. The molecule has 6 heteroatoms. The molecule has 0 heterocycles. The lowest BCUT2D eigenvalue weighted by Gasteiger charge is -2.16. The van der Waals surface area contributed by atoms with Gasteiger partial charge in [0, 0.05) is 6.54 Å². The summed E-state index contributed by atoms with van der Waals surface area (Å²) >= 11 is 0. The fraction of sp³-hybridized carbons (Fsp3) is 0.800. The molecule has 94 valence electrons. The number of amidine groups is 1. The third-order valence-electron chi connectivity index (χ3n) is 2.33. The number of hydroxylamine groups is 2. The lowest BCUT2D eigenvalue weighted by molar-refractivity contribution is -0.143. The molecule has 0 saturated heterocycles. The number of rotatable bonds is 7. The molecule has 0 saturated carbocycles. The Morgan fingerprint density at radius 1 is 1.56 bits per heavy atom. The Morgan fingerprint density at radius 3 is 2.62 bits per heavy atom. The molecule has 0 rings (SSSR count). The zero-order valence-electron chi connectivity index (χ0n) is 10.1. The summed E-state index contributed by atoms with van der Waals surface area (Å²) in [7, 11) is 3.07. The molecule has 0 aliphatic heterocycles. The quantitative estimate of drug-likeness (QED) is 0.196. The number of esters is 1. The van der Waals surface area contributed by atoms with Gasteiger partial charge in [0.1, 0.15) is 11.9 Å². The monoisotopic (exact) mass is 231 g/mol. The van der Waals surface area contributed by atoms with Gasteiger partial charge in [0.2, 0.25) is 0 Å². The van der Waals surface area contributed by atoms with Crippen molar-refractivity contribution in [3.8, 4) is 0 Å². The highest BCUT2D eigenvalue weighted by Crippen LogP contribution is 2.03. The second kappa shape index (κ2) is 8.06. The van der Waals surface area contributed by atoms with E-state index < -0.39 is 0 Å². The van der Waals surface area contributed by atoms with Gasteiger partial charge < -0.3 is 10.1 Å². The Labute approximate surface area is 96.0 Å². The molecule has 3 N–H and O–H groups in total. The minimum absolute atomic E-state index is 0.123. The van der Waals surface area contributed by atoms with Crippen molar-refractivity contribution in [1.82, 2.24) is 10.4 Å². The maximum absolute atomic E-state index is 11.2. The van der Waals surface area contributed by atoms with E-state index >= 15 is 0 Å². The third-order valence-corrected chi connectivity index (χ3v) is 2.33. The molecule has 0 aliphatic carbocycles. The predicted octanol–water partition coefficient (Wildman–Crippen LogP) is 0.606. The number of nitrogens with zero attached hydrogens (tertiary/aromatic N) is 1. The minimum Gasteiger partial charge on any atom is -0.468 e. The molecule has 0 spiro atoms. The van der Waals surface area contributed by atoms with Crippen molar-refractivity contribution in [3.63, 3.8) is 0 Å². The van der Waals surface area contributed by atoms with E-state index in [1.54, 1.807) is 7.05 Å². The highest BCUT2D eigenvalue weighted by atomic mass is 16.5. The Hall–Kier alpha value is -1.14. The number of hydrogen-bond acceptors (Lipinski definition) is 5. The second-order valence-electron chi connectivity index (χ2n) is 3.57. The molecule has 0 fully saturated rings. The number of methoxy groups -OCH3 is 1. The SMILES string of the molecule is CN[C@@H](CCCCN(O)C(C)=N)C(=O)OC. The molecule has 16 heavy (non-hydrogen) atoms. The second-order valence-corrected chi connectivity index (χ2v) is 3.57. The van der Waals surface area contributed by atoms with Gasteiger partial charge in [-0.15, -0.1) is 0 Å². The van der Waals surface area contributed by atoms with Crippen molar-refractivity contribution < 1.29 is 14.7 Å². The molecule has 0 radical (unpaired) electrons. The van der Waals surface area contributed by atoms with Crippen LogP contribution in [-0.2, 0) is 9.53 Å². The lowest BCUT2D eigenvalue weighted by Crippen LogP contribution is -2.35. The maximum atomic E-state index is 11.2. The number of nitrogens with one attached hydrogen (secondary N) is 2. The smallest absolute Gasteiger partial charge is 0.322 e. The van der Waals surface area contributed by atoms with E-state index in [9.17, 15) is 10.0 Å². The van der Waals surface area contributed by atoms with Gasteiger partial charge in [-0.25, -0.2) is 5.06 Å². The van der Waals surface area contributed by atoms with Crippen LogP contribution in [-0.4, -0.2) is 48.8 Å². The Morgan fingerprint density at radius 2 is 2.19 bits per heavy atom. The Kier molecular flexibility index (Phi) is 7.49. The fourth-order valence-corrected chi connectivity index (χ4v) is 1.30. The van der Waals surface area contributed by atoms with Crippen LogP contribution >= 0.6 is 0 Å². The van der Waals surface area contributed by atoms with Gasteiger partial charge >= 0.3 is 5.97 Å². The standard InChI is InChI=1S/C10H21N3O3/c1-8(11)13(15)7-5-4-6-9(12-2)10(14)16-3/h9,11-12,15H,4-7H2,1-3H3/t9-/m0/s1. The van der Waals surface area contributed by atoms with E-state index in [4.69, 9.17) is 5.41 Å². The van der Waals surface area contributed by atoms with Crippen molar-refractivity contribution in [3.05, 3.63) is 0 Å². The first-order chi connectivity index (χ1) is 7.52. The summed E-state index contributed by atoms with van der Waals surface area (Å²) < 4.78 is 4.62. The first-order valence-electron chi connectivity index (χ1n) is 5.29. The zero-order chi connectivity index (χ0) is 12.6. The van der Waals surface area contributed by atoms with Gasteiger partial charge in [-0.3, -0.25) is 15.4 Å². The van der Waals surface area contributed by atoms with Crippen molar-refractivity contribution >= 4 is 11.8 Å². The van der Waals surface area contributed by atoms with Gasteiger partial charge in [0.15, 0.2) is 0 Å². The molecule has 0 aromatic carbocycles. The summed E-state index contributed by atoms with van der Waals surface area (Å²) in [6, 6.07) is -0.293. The van der Waals surface area contributed by atoms with E-state index in [-0.39, 0.29) is 17.8 Å². The van der Waals surface area contributed by atoms with E-state index in [1.165, 1.54) is 14.0 Å². The zero-order valence-corrected chi connectivity index (χ0v) is 10.1. The molecule has 0 aromatic rings. The Bertz CT molecular complexity index is 233. The van der Waals surface area contributed by atoms with E-state index in [1.807, 2.05) is 0 Å². The van der Waals surface area contributed by atoms with Crippen LogP contribution in [0.15, 0.2) is 0 Å². The van der Waals surface area contributed by atoms with Crippen molar-refractivity contribution in [2.45, 2.75) is 32.2 Å². The van der Waals surface area contributed by atoms with Crippen LogP contribution < -0.4 is 5.32 Å². The van der Waals surface area contributed by atoms with E-state index in [0.29, 0.717) is 13.0 Å². The molecule has 1 atom stereocenters. The summed E-state index contributed by atoms with van der Waals surface area (Å²) in [5.41, 5.74) is 0. The van der Waals surface area contributed by atoms with Crippen LogP contribution in [0.5, 0.6) is 0 Å².